The van der Waals surface area contributed by atoms with Crippen LogP contribution in [0.15, 0.2) is 5.16 Å². The molecule has 0 unspecified atom stereocenters. The van der Waals surface area contributed by atoms with Gasteiger partial charge in [0.05, 0.1) is 0 Å². The number of unbranched alkanes of at least 4 members (excludes halogenated alkanes) is 3. The molecular weight excluding hydrogens is 208 g/mol. The van der Waals surface area contributed by atoms with Crippen molar-refractivity contribution in [1.29, 1.82) is 0 Å². The molecule has 3 nitrogen and oxygen atoms in total. The first kappa shape index (κ1) is 10.8. The minimum absolute atomic E-state index is 0.337. The summed E-state index contributed by atoms with van der Waals surface area (Å²) in [5, 5.41) is 12.2. The summed E-state index contributed by atoms with van der Waals surface area (Å²) >= 11 is 3.36. The van der Waals surface area contributed by atoms with Crippen LogP contribution in [0.3, 0.4) is 0 Å². The van der Waals surface area contributed by atoms with Gasteiger partial charge >= 0.3 is 0 Å². The summed E-state index contributed by atoms with van der Waals surface area (Å²) in [4.78, 5) is 0. The van der Waals surface area contributed by atoms with Crippen molar-refractivity contribution in [3.63, 3.8) is 0 Å². The fourth-order valence-electron chi connectivity index (χ4n) is 0.804. The molecule has 0 rings (SSSR count). The summed E-state index contributed by atoms with van der Waals surface area (Å²) in [6.07, 6.45) is 5.30. The Bertz CT molecular complexity index is 117. The Morgan fingerprint density at radius 1 is 1.27 bits per heavy atom. The Hall–Kier alpha value is -0.250. The number of hydrogen-bond acceptors (Lipinski definition) is 2. The lowest BCUT2D eigenvalue weighted by Gasteiger charge is -1.97. The Balaban J connectivity index is 3.02. The molecule has 0 aliphatic rings. The zero-order valence-corrected chi connectivity index (χ0v) is 8.18. The molecule has 0 bridgehead atoms. The summed E-state index contributed by atoms with van der Waals surface area (Å²) in [5.41, 5.74) is 5.28. The highest BCUT2D eigenvalue weighted by atomic mass is 79.9. The molecule has 0 heterocycles. The van der Waals surface area contributed by atoms with E-state index in [1.54, 1.807) is 0 Å². The zero-order valence-electron chi connectivity index (χ0n) is 6.59. The van der Waals surface area contributed by atoms with Gasteiger partial charge in [-0.15, -0.1) is 0 Å². The van der Waals surface area contributed by atoms with Gasteiger partial charge < -0.3 is 10.9 Å². The predicted octanol–water partition coefficient (Wildman–Crippen LogP) is 2.08. The van der Waals surface area contributed by atoms with Crippen molar-refractivity contribution >= 4 is 21.8 Å². The minimum atomic E-state index is 0.337. The van der Waals surface area contributed by atoms with Crippen molar-refractivity contribution in [1.82, 2.24) is 0 Å². The lowest BCUT2D eigenvalue weighted by molar-refractivity contribution is 0.316. The predicted molar refractivity (Wildman–Crippen MR) is 50.3 cm³/mol. The Labute approximate surface area is 75.8 Å². The maximum absolute atomic E-state index is 8.19. The van der Waals surface area contributed by atoms with E-state index >= 15 is 0 Å². The van der Waals surface area contributed by atoms with E-state index in [-0.39, 0.29) is 0 Å². The van der Waals surface area contributed by atoms with Crippen molar-refractivity contribution in [2.24, 2.45) is 10.9 Å². The molecule has 66 valence electrons. The third-order valence-electron chi connectivity index (χ3n) is 1.44. The summed E-state index contributed by atoms with van der Waals surface area (Å²) < 4.78 is 0. The van der Waals surface area contributed by atoms with Crippen LogP contribution in [0, 0.1) is 0 Å². The van der Waals surface area contributed by atoms with Crippen LogP contribution >= 0.6 is 15.9 Å². The van der Waals surface area contributed by atoms with Gasteiger partial charge in [-0.05, 0) is 12.8 Å². The average Bonchev–Trinajstić information content (AvgIpc) is 2.04. The van der Waals surface area contributed by atoms with Crippen LogP contribution in [-0.2, 0) is 0 Å². The van der Waals surface area contributed by atoms with E-state index in [0.717, 1.165) is 18.2 Å². The van der Waals surface area contributed by atoms with Crippen LogP contribution < -0.4 is 5.73 Å². The number of halogens is 1. The number of nitrogens with two attached hydrogens (primary N) is 1. The Morgan fingerprint density at radius 3 is 2.45 bits per heavy atom. The molecule has 0 spiro atoms. The van der Waals surface area contributed by atoms with Crippen LogP contribution in [-0.4, -0.2) is 16.4 Å². The monoisotopic (exact) mass is 222 g/mol. The molecule has 0 aromatic rings. The van der Waals surface area contributed by atoms with Crippen LogP contribution in [0.2, 0.25) is 0 Å². The largest absolute Gasteiger partial charge is 0.409 e. The Morgan fingerprint density at radius 2 is 1.91 bits per heavy atom. The smallest absolute Gasteiger partial charge is 0.139 e. The topological polar surface area (TPSA) is 58.6 Å². The number of amidine groups is 1. The van der Waals surface area contributed by atoms with Gasteiger partial charge in [0.2, 0.25) is 0 Å². The molecule has 0 saturated heterocycles. The average molecular weight is 223 g/mol. The SMILES string of the molecule is NC(CCCCCCBr)=NO. The van der Waals surface area contributed by atoms with Crippen LogP contribution in [0.5, 0.6) is 0 Å². The van der Waals surface area contributed by atoms with Crippen LogP contribution in [0.1, 0.15) is 32.1 Å². The Kier molecular flexibility index (Phi) is 7.67. The van der Waals surface area contributed by atoms with Crippen molar-refractivity contribution in [2.75, 3.05) is 5.33 Å². The van der Waals surface area contributed by atoms with E-state index in [1.807, 2.05) is 0 Å². The lowest BCUT2D eigenvalue weighted by Crippen LogP contribution is -2.10. The molecule has 3 N–H and O–H groups in total. The highest BCUT2D eigenvalue weighted by Crippen LogP contribution is 2.03. The maximum atomic E-state index is 8.19. The molecule has 0 aliphatic heterocycles. The van der Waals surface area contributed by atoms with Gasteiger partial charge in [-0.25, -0.2) is 0 Å². The molecule has 0 aliphatic carbocycles. The first-order chi connectivity index (χ1) is 5.31. The first-order valence-corrected chi connectivity index (χ1v) is 4.95. The third kappa shape index (κ3) is 7.65. The quantitative estimate of drug-likeness (QED) is 0.181. The summed E-state index contributed by atoms with van der Waals surface area (Å²) in [6.45, 7) is 0. The number of rotatable bonds is 6. The third-order valence-corrected chi connectivity index (χ3v) is 2.01. The second kappa shape index (κ2) is 7.85. The van der Waals surface area contributed by atoms with Crippen LogP contribution in [0.4, 0.5) is 0 Å². The molecular formula is C7H15BrN2O. The minimum Gasteiger partial charge on any atom is -0.409 e. The van der Waals surface area contributed by atoms with Gasteiger partial charge in [0.15, 0.2) is 0 Å². The number of oxime groups is 1. The molecule has 0 amide bonds. The summed E-state index contributed by atoms with van der Waals surface area (Å²) in [5.74, 6) is 0.337. The lowest BCUT2D eigenvalue weighted by atomic mass is 10.1. The maximum Gasteiger partial charge on any atom is 0.139 e. The normalized spacial score (nSPS) is 11.9. The fraction of sp³-hybridized carbons (Fsp3) is 0.857. The first-order valence-electron chi connectivity index (χ1n) is 3.83. The van der Waals surface area contributed by atoms with E-state index in [1.165, 1.54) is 12.8 Å². The van der Waals surface area contributed by atoms with Crippen molar-refractivity contribution in [3.05, 3.63) is 0 Å². The molecule has 11 heavy (non-hydrogen) atoms. The van der Waals surface area contributed by atoms with Gasteiger partial charge in [-0.2, -0.15) is 0 Å². The van der Waals surface area contributed by atoms with Gasteiger partial charge in [0, 0.05) is 11.8 Å². The molecule has 0 atom stereocenters. The van der Waals surface area contributed by atoms with Crippen molar-refractivity contribution < 1.29 is 5.21 Å². The summed E-state index contributed by atoms with van der Waals surface area (Å²) in [7, 11) is 0. The van der Waals surface area contributed by atoms with E-state index < -0.39 is 0 Å². The van der Waals surface area contributed by atoms with Gasteiger partial charge in [0.25, 0.3) is 0 Å². The van der Waals surface area contributed by atoms with Crippen molar-refractivity contribution in [2.45, 2.75) is 32.1 Å². The van der Waals surface area contributed by atoms with Gasteiger partial charge in [0.1, 0.15) is 5.84 Å². The molecule has 0 saturated carbocycles. The molecule has 0 aromatic carbocycles. The molecule has 0 fully saturated rings. The van der Waals surface area contributed by atoms with Crippen molar-refractivity contribution in [3.8, 4) is 0 Å². The highest BCUT2D eigenvalue weighted by Gasteiger charge is 1.92. The number of hydrogen-bond donors (Lipinski definition) is 2. The second-order valence-corrected chi connectivity index (χ2v) is 3.24. The highest BCUT2D eigenvalue weighted by molar-refractivity contribution is 9.09. The van der Waals surface area contributed by atoms with E-state index in [9.17, 15) is 0 Å². The van der Waals surface area contributed by atoms with E-state index in [0.29, 0.717) is 12.3 Å². The molecule has 0 aromatic heterocycles. The number of nitrogens with zero attached hydrogens (tertiary/aromatic N) is 1. The molecule has 4 heteroatoms. The number of alkyl halides is 1. The molecule has 0 radical (unpaired) electrons. The van der Waals surface area contributed by atoms with Gasteiger partial charge in [-0.3, -0.25) is 0 Å². The van der Waals surface area contributed by atoms with E-state index in [4.69, 9.17) is 10.9 Å². The van der Waals surface area contributed by atoms with Gasteiger partial charge in [-0.1, -0.05) is 33.9 Å². The second-order valence-electron chi connectivity index (χ2n) is 2.44. The summed E-state index contributed by atoms with van der Waals surface area (Å²) in [6, 6.07) is 0. The standard InChI is InChI=1S/C7H15BrN2O/c8-6-4-2-1-3-5-7(9)10-11/h11H,1-6H2,(H2,9,10). The zero-order chi connectivity index (χ0) is 8.53. The fourth-order valence-corrected chi connectivity index (χ4v) is 1.20. The van der Waals surface area contributed by atoms with Crippen LogP contribution in [0.25, 0.3) is 0 Å². The van der Waals surface area contributed by atoms with E-state index in [2.05, 4.69) is 21.1 Å².